The minimum absolute atomic E-state index is 0.318. The second kappa shape index (κ2) is 9.03. The van der Waals surface area contributed by atoms with Gasteiger partial charge < -0.3 is 20.1 Å². The zero-order valence-corrected chi connectivity index (χ0v) is 14.0. The predicted molar refractivity (Wildman–Crippen MR) is 88.1 cm³/mol. The Hall–Kier alpha value is -1.10. The summed E-state index contributed by atoms with van der Waals surface area (Å²) >= 11 is 0. The number of likely N-dealkylation sites (N-methyl/N-ethyl adjacent to an activating group) is 1. The summed E-state index contributed by atoms with van der Waals surface area (Å²) in [6.07, 6.45) is -0.492. The number of nitrogens with zero attached hydrogens (tertiary/aromatic N) is 1. The normalized spacial score (nSPS) is 13.0. The molecule has 4 heteroatoms. The second-order valence-electron chi connectivity index (χ2n) is 5.96. The number of benzene rings is 1. The van der Waals surface area contributed by atoms with Gasteiger partial charge in [0.15, 0.2) is 0 Å². The fourth-order valence-electron chi connectivity index (χ4n) is 2.05. The van der Waals surface area contributed by atoms with Crippen LogP contribution in [0.25, 0.3) is 0 Å². The molecule has 0 aromatic heterocycles. The Morgan fingerprint density at radius 3 is 2.43 bits per heavy atom. The third kappa shape index (κ3) is 6.46. The number of aliphatic hydroxyl groups is 1. The first-order chi connectivity index (χ1) is 9.91. The van der Waals surface area contributed by atoms with E-state index in [4.69, 9.17) is 4.74 Å². The van der Waals surface area contributed by atoms with Crippen LogP contribution in [0.15, 0.2) is 18.2 Å². The molecular formula is C17H30N2O2. The Morgan fingerprint density at radius 2 is 1.86 bits per heavy atom. The zero-order chi connectivity index (χ0) is 15.8. The first-order valence-corrected chi connectivity index (χ1v) is 7.69. The van der Waals surface area contributed by atoms with Crippen LogP contribution < -0.4 is 10.1 Å². The summed E-state index contributed by atoms with van der Waals surface area (Å²) in [7, 11) is 2.10. The van der Waals surface area contributed by atoms with E-state index in [1.54, 1.807) is 0 Å². The van der Waals surface area contributed by atoms with Gasteiger partial charge in [-0.25, -0.2) is 0 Å². The molecule has 21 heavy (non-hydrogen) atoms. The number of hydrogen-bond donors (Lipinski definition) is 2. The van der Waals surface area contributed by atoms with Crippen molar-refractivity contribution in [2.24, 2.45) is 0 Å². The van der Waals surface area contributed by atoms with Crippen LogP contribution in [0.1, 0.15) is 25.0 Å². The molecular weight excluding hydrogens is 264 g/mol. The molecule has 4 nitrogen and oxygen atoms in total. The number of hydrogen-bond acceptors (Lipinski definition) is 4. The van der Waals surface area contributed by atoms with E-state index >= 15 is 0 Å². The van der Waals surface area contributed by atoms with Crippen LogP contribution in [0.5, 0.6) is 5.75 Å². The highest BCUT2D eigenvalue weighted by Gasteiger charge is 2.09. The SMILES string of the molecule is Cc1cccc(C)c1OCC(O)CNCCN(C)C(C)C. The summed E-state index contributed by atoms with van der Waals surface area (Å²) in [5, 5.41) is 13.2. The molecule has 1 atom stereocenters. The molecule has 0 amide bonds. The van der Waals surface area contributed by atoms with E-state index in [2.05, 4.69) is 31.1 Å². The number of aliphatic hydroxyl groups excluding tert-OH is 1. The molecule has 0 radical (unpaired) electrons. The molecule has 1 rings (SSSR count). The van der Waals surface area contributed by atoms with Crippen molar-refractivity contribution in [1.82, 2.24) is 10.2 Å². The lowest BCUT2D eigenvalue weighted by Crippen LogP contribution is -2.38. The zero-order valence-electron chi connectivity index (χ0n) is 14.0. The molecule has 1 aromatic carbocycles. The van der Waals surface area contributed by atoms with Crippen molar-refractivity contribution in [3.8, 4) is 5.75 Å². The predicted octanol–water partition coefficient (Wildman–Crippen LogP) is 1.97. The summed E-state index contributed by atoms with van der Waals surface area (Å²) in [6, 6.07) is 6.61. The van der Waals surface area contributed by atoms with Gasteiger partial charge >= 0.3 is 0 Å². The van der Waals surface area contributed by atoms with Crippen LogP contribution >= 0.6 is 0 Å². The summed E-state index contributed by atoms with van der Waals surface area (Å²) in [5.74, 6) is 0.885. The van der Waals surface area contributed by atoms with Crippen molar-refractivity contribution >= 4 is 0 Å². The minimum Gasteiger partial charge on any atom is -0.490 e. The molecule has 0 aliphatic heterocycles. The molecule has 120 valence electrons. The Bertz CT molecular complexity index is 401. The Morgan fingerprint density at radius 1 is 1.24 bits per heavy atom. The molecule has 1 aromatic rings. The summed E-state index contributed by atoms with van der Waals surface area (Å²) < 4.78 is 5.75. The highest BCUT2D eigenvalue weighted by Crippen LogP contribution is 2.22. The summed E-state index contributed by atoms with van der Waals surface area (Å²) in [6.45, 7) is 11.1. The fraction of sp³-hybridized carbons (Fsp3) is 0.647. The smallest absolute Gasteiger partial charge is 0.125 e. The van der Waals surface area contributed by atoms with Crippen molar-refractivity contribution in [2.75, 3.05) is 33.3 Å². The highest BCUT2D eigenvalue weighted by molar-refractivity contribution is 5.39. The van der Waals surface area contributed by atoms with E-state index in [1.165, 1.54) is 0 Å². The number of para-hydroxylation sites is 1. The van der Waals surface area contributed by atoms with Crippen LogP contribution in [0.4, 0.5) is 0 Å². The van der Waals surface area contributed by atoms with Gasteiger partial charge in [0.25, 0.3) is 0 Å². The van der Waals surface area contributed by atoms with Crippen molar-refractivity contribution in [3.63, 3.8) is 0 Å². The van der Waals surface area contributed by atoms with Gasteiger partial charge in [0.2, 0.25) is 0 Å². The Labute approximate surface area is 129 Å². The lowest BCUT2D eigenvalue weighted by Gasteiger charge is -2.21. The molecule has 0 bridgehead atoms. The van der Waals surface area contributed by atoms with Gasteiger partial charge in [-0.3, -0.25) is 0 Å². The van der Waals surface area contributed by atoms with Crippen LogP contribution in [0.3, 0.4) is 0 Å². The molecule has 0 aliphatic carbocycles. The molecule has 0 spiro atoms. The van der Waals surface area contributed by atoms with Crippen LogP contribution in [0.2, 0.25) is 0 Å². The lowest BCUT2D eigenvalue weighted by molar-refractivity contribution is 0.105. The van der Waals surface area contributed by atoms with E-state index in [9.17, 15) is 5.11 Å². The average molecular weight is 294 g/mol. The van der Waals surface area contributed by atoms with Crippen molar-refractivity contribution in [2.45, 2.75) is 39.8 Å². The van der Waals surface area contributed by atoms with E-state index < -0.39 is 6.10 Å². The molecule has 0 heterocycles. The van der Waals surface area contributed by atoms with Gasteiger partial charge in [0.1, 0.15) is 18.5 Å². The second-order valence-corrected chi connectivity index (χ2v) is 5.96. The van der Waals surface area contributed by atoms with Crippen LogP contribution in [-0.4, -0.2) is 55.4 Å². The van der Waals surface area contributed by atoms with E-state index in [0.29, 0.717) is 19.2 Å². The molecule has 0 aliphatic rings. The third-order valence-electron chi connectivity index (χ3n) is 3.73. The van der Waals surface area contributed by atoms with Crippen molar-refractivity contribution in [1.29, 1.82) is 0 Å². The van der Waals surface area contributed by atoms with Gasteiger partial charge in [-0.1, -0.05) is 18.2 Å². The van der Waals surface area contributed by atoms with Crippen molar-refractivity contribution in [3.05, 3.63) is 29.3 Å². The lowest BCUT2D eigenvalue weighted by atomic mass is 10.1. The summed E-state index contributed by atoms with van der Waals surface area (Å²) in [5.41, 5.74) is 2.21. The molecule has 0 fully saturated rings. The molecule has 1 unspecified atom stereocenters. The third-order valence-corrected chi connectivity index (χ3v) is 3.73. The van der Waals surface area contributed by atoms with Gasteiger partial charge in [0, 0.05) is 25.7 Å². The van der Waals surface area contributed by atoms with E-state index in [-0.39, 0.29) is 0 Å². The average Bonchev–Trinajstić information content (AvgIpc) is 2.42. The number of aryl methyl sites for hydroxylation is 2. The van der Waals surface area contributed by atoms with E-state index in [0.717, 1.165) is 30.0 Å². The van der Waals surface area contributed by atoms with Gasteiger partial charge in [0.05, 0.1) is 0 Å². The first-order valence-electron chi connectivity index (χ1n) is 7.69. The van der Waals surface area contributed by atoms with Gasteiger partial charge in [-0.15, -0.1) is 0 Å². The first kappa shape index (κ1) is 18.0. The largest absolute Gasteiger partial charge is 0.490 e. The van der Waals surface area contributed by atoms with Crippen LogP contribution in [-0.2, 0) is 0 Å². The Balaban J connectivity index is 2.24. The molecule has 0 saturated carbocycles. The van der Waals surface area contributed by atoms with Gasteiger partial charge in [-0.2, -0.15) is 0 Å². The number of nitrogens with one attached hydrogen (secondary N) is 1. The topological polar surface area (TPSA) is 44.7 Å². The number of ether oxygens (including phenoxy) is 1. The molecule has 0 saturated heterocycles. The van der Waals surface area contributed by atoms with Crippen molar-refractivity contribution < 1.29 is 9.84 Å². The van der Waals surface area contributed by atoms with Crippen LogP contribution in [0, 0.1) is 13.8 Å². The summed E-state index contributed by atoms with van der Waals surface area (Å²) in [4.78, 5) is 2.27. The maximum atomic E-state index is 9.97. The standard InChI is InChI=1S/C17H30N2O2/c1-13(2)19(5)10-9-18-11-16(20)12-21-17-14(3)7-6-8-15(17)4/h6-8,13,16,18,20H,9-12H2,1-5H3. The fourth-order valence-corrected chi connectivity index (χ4v) is 2.05. The molecule has 2 N–H and O–H groups in total. The number of rotatable bonds is 9. The maximum Gasteiger partial charge on any atom is 0.125 e. The van der Waals surface area contributed by atoms with E-state index in [1.807, 2.05) is 32.0 Å². The maximum absolute atomic E-state index is 9.97. The minimum atomic E-state index is -0.492. The highest BCUT2D eigenvalue weighted by atomic mass is 16.5. The monoisotopic (exact) mass is 294 g/mol. The quantitative estimate of drug-likeness (QED) is 0.684. The Kier molecular flexibility index (Phi) is 7.72. The van der Waals surface area contributed by atoms with Gasteiger partial charge in [-0.05, 0) is 45.9 Å².